The fourth-order valence-corrected chi connectivity index (χ4v) is 5.02. The average molecular weight is 482 g/mol. The highest BCUT2D eigenvalue weighted by Gasteiger charge is 2.30. The van der Waals surface area contributed by atoms with E-state index < -0.39 is 28.7 Å². The van der Waals surface area contributed by atoms with E-state index in [9.17, 15) is 26.4 Å². The number of sulfonamides is 1. The Balaban J connectivity index is 1.67. The summed E-state index contributed by atoms with van der Waals surface area (Å²) in [5, 5.41) is 4.75. The number of anilines is 1. The Morgan fingerprint density at radius 1 is 1.14 bits per heavy atom. The number of nitrogens with zero attached hydrogens (tertiary/aromatic N) is 1. The summed E-state index contributed by atoms with van der Waals surface area (Å²) in [5.74, 6) is -0.513. The number of benzene rings is 1. The molecule has 2 aromatic heterocycles. The molecule has 0 fully saturated rings. The molecule has 0 aliphatic rings. The molecule has 0 atom stereocenters. The Hall–Kier alpha value is -1.99. The van der Waals surface area contributed by atoms with Crippen molar-refractivity contribution < 1.29 is 26.4 Å². The highest BCUT2D eigenvalue weighted by molar-refractivity contribution is 7.89. The summed E-state index contributed by atoms with van der Waals surface area (Å²) < 4.78 is 62.4. The number of alkyl halides is 3. The maximum Gasteiger partial charge on any atom is 0.402 e. The number of hydrogen-bond acceptors (Lipinski definition) is 6. The number of thiazole rings is 1. The van der Waals surface area contributed by atoms with E-state index in [0.717, 1.165) is 17.0 Å². The van der Waals surface area contributed by atoms with Gasteiger partial charge in [-0.05, 0) is 36.4 Å². The summed E-state index contributed by atoms with van der Waals surface area (Å²) in [6, 6.07) is 8.24. The quantitative estimate of drug-likeness (QED) is 0.538. The normalized spacial score (nSPS) is 12.1. The Kier molecular flexibility index (Phi) is 6.29. The van der Waals surface area contributed by atoms with E-state index in [2.05, 4.69) is 10.3 Å². The van der Waals surface area contributed by atoms with Crippen molar-refractivity contribution in [3.8, 4) is 9.88 Å². The third-order valence-corrected chi connectivity index (χ3v) is 7.07. The molecule has 0 saturated carbocycles. The molecule has 0 saturated heterocycles. The van der Waals surface area contributed by atoms with E-state index >= 15 is 0 Å². The highest BCUT2D eigenvalue weighted by atomic mass is 35.5. The van der Waals surface area contributed by atoms with Crippen molar-refractivity contribution >= 4 is 55.9 Å². The molecule has 3 aromatic rings. The van der Waals surface area contributed by atoms with Crippen LogP contribution in [0.3, 0.4) is 0 Å². The third-order valence-electron chi connectivity index (χ3n) is 3.41. The lowest BCUT2D eigenvalue weighted by Crippen LogP contribution is -2.33. The number of carbonyl (C=O) groups is 1. The predicted molar refractivity (Wildman–Crippen MR) is 106 cm³/mol. The zero-order chi connectivity index (χ0) is 21.2. The number of amides is 1. The Bertz CT molecular complexity index is 1130. The molecular formula is C16H11ClF3N3O3S3. The first-order valence-electron chi connectivity index (χ1n) is 7.72. The summed E-state index contributed by atoms with van der Waals surface area (Å²) in [6.07, 6.45) is -4.66. The molecule has 0 aliphatic heterocycles. The maximum absolute atomic E-state index is 12.3. The summed E-state index contributed by atoms with van der Waals surface area (Å²) >= 11 is 8.48. The van der Waals surface area contributed by atoms with E-state index in [0.29, 0.717) is 9.34 Å². The monoisotopic (exact) mass is 481 g/mol. The number of nitrogens with one attached hydrogen (secondary N) is 2. The molecule has 0 spiro atoms. The van der Waals surface area contributed by atoms with E-state index in [-0.39, 0.29) is 16.3 Å². The zero-order valence-electron chi connectivity index (χ0n) is 14.2. The standard InChI is InChI=1S/C16H11ClF3N3O3S3/c17-13-6-5-12(28-13)15-23-11(7-27-15)14(24)22-9-1-3-10(4-2-9)29(25,26)21-8-16(18,19)20/h1-7,21H,8H2,(H,22,24). The largest absolute Gasteiger partial charge is 0.402 e. The van der Waals surface area contributed by atoms with Gasteiger partial charge in [0.15, 0.2) is 0 Å². The lowest BCUT2D eigenvalue weighted by molar-refractivity contribution is -0.121. The van der Waals surface area contributed by atoms with Crippen molar-refractivity contribution in [3.63, 3.8) is 0 Å². The molecular weight excluding hydrogens is 471 g/mol. The van der Waals surface area contributed by atoms with Crippen molar-refractivity contribution in [2.45, 2.75) is 11.1 Å². The van der Waals surface area contributed by atoms with Crippen LogP contribution in [0.5, 0.6) is 0 Å². The molecule has 6 nitrogen and oxygen atoms in total. The molecule has 1 amide bonds. The van der Waals surface area contributed by atoms with Gasteiger partial charge in [0, 0.05) is 11.1 Å². The van der Waals surface area contributed by atoms with E-state index in [1.807, 2.05) is 0 Å². The van der Waals surface area contributed by atoms with Crippen LogP contribution in [0.2, 0.25) is 4.34 Å². The molecule has 13 heteroatoms. The first-order chi connectivity index (χ1) is 13.5. The second kappa shape index (κ2) is 8.40. The van der Waals surface area contributed by atoms with Gasteiger partial charge in [0.2, 0.25) is 10.0 Å². The second-order valence-corrected chi connectivity index (χ2v) is 9.90. The minimum atomic E-state index is -4.66. The van der Waals surface area contributed by atoms with Crippen LogP contribution >= 0.6 is 34.3 Å². The lowest BCUT2D eigenvalue weighted by Gasteiger charge is -2.10. The van der Waals surface area contributed by atoms with E-state index in [1.165, 1.54) is 39.5 Å². The minimum absolute atomic E-state index is 0.165. The molecule has 154 valence electrons. The fraction of sp³-hybridized carbons (Fsp3) is 0.125. The lowest BCUT2D eigenvalue weighted by atomic mass is 10.3. The molecule has 2 heterocycles. The molecule has 29 heavy (non-hydrogen) atoms. The van der Waals surface area contributed by atoms with Gasteiger partial charge >= 0.3 is 6.18 Å². The first-order valence-corrected chi connectivity index (χ1v) is 11.3. The van der Waals surface area contributed by atoms with Crippen LogP contribution in [-0.2, 0) is 10.0 Å². The van der Waals surface area contributed by atoms with Crippen molar-refractivity contribution in [2.75, 3.05) is 11.9 Å². The zero-order valence-corrected chi connectivity index (χ0v) is 17.4. The van der Waals surface area contributed by atoms with Gasteiger partial charge in [-0.15, -0.1) is 22.7 Å². The Morgan fingerprint density at radius 2 is 1.83 bits per heavy atom. The molecule has 0 aliphatic carbocycles. The third kappa shape index (κ3) is 5.76. The van der Waals surface area contributed by atoms with Crippen LogP contribution in [0, 0.1) is 0 Å². The summed E-state index contributed by atoms with van der Waals surface area (Å²) in [7, 11) is -4.32. The van der Waals surface area contributed by atoms with Crippen LogP contribution in [0.1, 0.15) is 10.5 Å². The van der Waals surface area contributed by atoms with Gasteiger partial charge in [-0.2, -0.15) is 13.2 Å². The smallest absolute Gasteiger partial charge is 0.321 e. The van der Waals surface area contributed by atoms with Crippen LogP contribution in [0.4, 0.5) is 18.9 Å². The molecule has 1 aromatic carbocycles. The fourth-order valence-electron chi connectivity index (χ4n) is 2.09. The van der Waals surface area contributed by atoms with Crippen LogP contribution in [0.15, 0.2) is 46.7 Å². The topological polar surface area (TPSA) is 88.2 Å². The SMILES string of the molecule is O=C(Nc1ccc(S(=O)(=O)NCC(F)(F)F)cc1)c1csc(-c2ccc(Cl)s2)n1. The molecule has 3 rings (SSSR count). The molecule has 0 radical (unpaired) electrons. The van der Waals surface area contributed by atoms with Crippen LogP contribution in [0.25, 0.3) is 9.88 Å². The number of carbonyl (C=O) groups excluding carboxylic acids is 1. The molecule has 2 N–H and O–H groups in total. The highest BCUT2D eigenvalue weighted by Crippen LogP contribution is 2.33. The number of thiophene rings is 1. The van der Waals surface area contributed by atoms with Gasteiger partial charge in [0.25, 0.3) is 5.91 Å². The summed E-state index contributed by atoms with van der Waals surface area (Å²) in [4.78, 5) is 17.0. The number of hydrogen-bond donors (Lipinski definition) is 2. The Labute approximate surface area is 176 Å². The number of rotatable bonds is 6. The average Bonchev–Trinajstić information content (AvgIpc) is 3.29. The van der Waals surface area contributed by atoms with Gasteiger partial charge in [0.1, 0.15) is 17.2 Å². The molecule has 0 unspecified atom stereocenters. The Morgan fingerprint density at radius 3 is 2.41 bits per heavy atom. The number of halogens is 4. The van der Waals surface area contributed by atoms with Gasteiger partial charge in [-0.3, -0.25) is 4.79 Å². The van der Waals surface area contributed by atoms with Crippen molar-refractivity contribution in [1.29, 1.82) is 0 Å². The van der Waals surface area contributed by atoms with E-state index in [1.54, 1.807) is 17.5 Å². The number of aromatic nitrogens is 1. The van der Waals surface area contributed by atoms with Gasteiger partial charge in [-0.25, -0.2) is 18.1 Å². The van der Waals surface area contributed by atoms with Crippen molar-refractivity contribution in [3.05, 3.63) is 51.8 Å². The predicted octanol–water partition coefficient (Wildman–Crippen LogP) is 4.62. The maximum atomic E-state index is 12.3. The van der Waals surface area contributed by atoms with Gasteiger partial charge < -0.3 is 5.32 Å². The van der Waals surface area contributed by atoms with E-state index in [4.69, 9.17) is 11.6 Å². The van der Waals surface area contributed by atoms with Crippen molar-refractivity contribution in [1.82, 2.24) is 9.71 Å². The first kappa shape index (κ1) is 21.7. The van der Waals surface area contributed by atoms with Crippen LogP contribution < -0.4 is 10.0 Å². The van der Waals surface area contributed by atoms with Crippen molar-refractivity contribution in [2.24, 2.45) is 0 Å². The van der Waals surface area contributed by atoms with Gasteiger partial charge in [-0.1, -0.05) is 11.6 Å². The molecule has 0 bridgehead atoms. The summed E-state index contributed by atoms with van der Waals surface area (Å²) in [5.41, 5.74) is 0.427. The minimum Gasteiger partial charge on any atom is -0.321 e. The second-order valence-electron chi connectivity index (χ2n) is 5.56. The summed E-state index contributed by atoms with van der Waals surface area (Å²) in [6.45, 7) is -1.67. The van der Waals surface area contributed by atoms with Gasteiger partial charge in [0.05, 0.1) is 14.1 Å². The van der Waals surface area contributed by atoms with Crippen LogP contribution in [-0.4, -0.2) is 32.0 Å².